The van der Waals surface area contributed by atoms with Crippen molar-refractivity contribution in [2.45, 2.75) is 94.0 Å². The number of nitrogens with one attached hydrogen (secondary N) is 5. The molecular weight excluding hydrogens is 458 g/mol. The van der Waals surface area contributed by atoms with Gasteiger partial charge in [-0.2, -0.15) is 11.8 Å². The molecule has 2 unspecified atom stereocenters. The average molecular weight is 500 g/mol. The molecule has 0 aliphatic carbocycles. The molecule has 0 aromatic carbocycles. The molecule has 0 bridgehead atoms. The van der Waals surface area contributed by atoms with Crippen molar-refractivity contribution in [3.8, 4) is 0 Å². The first-order valence-electron chi connectivity index (χ1n) is 12.4. The molecule has 0 spiro atoms. The molecular formula is C22H41N7O4S. The quantitative estimate of drug-likeness (QED) is 0.0483. The Labute approximate surface area is 206 Å². The lowest BCUT2D eigenvalue weighted by molar-refractivity contribution is -0.123. The van der Waals surface area contributed by atoms with Gasteiger partial charge >= 0.3 is 6.03 Å². The number of carbonyl (C=O) groups is 4. The summed E-state index contributed by atoms with van der Waals surface area (Å²) in [5.41, 5.74) is 7.67. The topological polar surface area (TPSA) is 180 Å². The molecule has 9 N–H and O–H groups in total. The Kier molecular flexibility index (Phi) is 13.1. The fourth-order valence-electron chi connectivity index (χ4n) is 4.22. The lowest BCUT2D eigenvalue weighted by Crippen LogP contribution is -2.43. The molecule has 2 aliphatic heterocycles. The van der Waals surface area contributed by atoms with E-state index in [0.29, 0.717) is 37.6 Å². The van der Waals surface area contributed by atoms with E-state index in [1.54, 1.807) is 0 Å². The number of thioether (sulfide) groups is 1. The van der Waals surface area contributed by atoms with Gasteiger partial charge in [0.2, 0.25) is 11.8 Å². The van der Waals surface area contributed by atoms with E-state index in [2.05, 4.69) is 21.3 Å². The van der Waals surface area contributed by atoms with E-state index in [1.807, 2.05) is 17.2 Å². The smallest absolute Gasteiger partial charge is 0.315 e. The molecule has 2 rings (SSSR count). The normalized spacial score (nSPS) is 21.8. The van der Waals surface area contributed by atoms with Crippen LogP contribution in [0.3, 0.4) is 0 Å². The number of rotatable bonds is 17. The summed E-state index contributed by atoms with van der Waals surface area (Å²) in [5.74, 6) is 5.71. The van der Waals surface area contributed by atoms with Gasteiger partial charge in [0.05, 0.1) is 18.1 Å². The molecule has 0 aromatic heterocycles. The molecule has 12 heteroatoms. The van der Waals surface area contributed by atoms with Crippen molar-refractivity contribution in [3.05, 3.63) is 0 Å². The predicted octanol–water partition coefficient (Wildman–Crippen LogP) is -0.00750. The van der Waals surface area contributed by atoms with Gasteiger partial charge in [-0.1, -0.05) is 12.8 Å². The number of nitrogens with two attached hydrogens (primary N) is 2. The van der Waals surface area contributed by atoms with Crippen LogP contribution in [0.5, 0.6) is 0 Å². The maximum atomic E-state index is 12.0. The number of fused-ring (bicyclic) bond motifs is 1. The van der Waals surface area contributed by atoms with E-state index >= 15 is 0 Å². The average Bonchev–Trinajstić information content (AvgIpc) is 3.37. The second-order valence-corrected chi connectivity index (χ2v) is 10.3. The monoisotopic (exact) mass is 499 g/mol. The molecule has 2 heterocycles. The van der Waals surface area contributed by atoms with Crippen LogP contribution in [-0.2, 0) is 14.4 Å². The zero-order chi connectivity index (χ0) is 24.8. The van der Waals surface area contributed by atoms with Crippen molar-refractivity contribution in [2.24, 2.45) is 11.6 Å². The summed E-state index contributed by atoms with van der Waals surface area (Å²) in [6.45, 7) is 1.20. The molecule has 11 nitrogen and oxygen atoms in total. The molecule has 2 saturated heterocycles. The third-order valence-corrected chi connectivity index (χ3v) is 7.74. The zero-order valence-electron chi connectivity index (χ0n) is 19.9. The zero-order valence-corrected chi connectivity index (χ0v) is 20.7. The first-order valence-corrected chi connectivity index (χ1v) is 13.4. The molecule has 2 fully saturated rings. The third-order valence-electron chi connectivity index (χ3n) is 6.23. The minimum atomic E-state index is -0.611. The second-order valence-electron chi connectivity index (χ2n) is 8.99. The Morgan fingerprint density at radius 2 is 1.59 bits per heavy atom. The van der Waals surface area contributed by atoms with Gasteiger partial charge in [-0.05, 0) is 44.9 Å². The van der Waals surface area contributed by atoms with Crippen molar-refractivity contribution in [2.75, 3.05) is 18.8 Å². The lowest BCUT2D eigenvalue weighted by atomic mass is 10.0. The number of hydrogen-bond donors (Lipinski definition) is 7. The van der Waals surface area contributed by atoms with Gasteiger partial charge < -0.3 is 27.0 Å². The molecule has 4 atom stereocenters. The van der Waals surface area contributed by atoms with Crippen molar-refractivity contribution in [1.29, 1.82) is 0 Å². The molecule has 2 aliphatic rings. The van der Waals surface area contributed by atoms with Gasteiger partial charge in [0.25, 0.3) is 5.91 Å². The fraction of sp³-hybridized carbons (Fsp3) is 0.818. The van der Waals surface area contributed by atoms with E-state index in [4.69, 9.17) is 11.6 Å². The van der Waals surface area contributed by atoms with Crippen molar-refractivity contribution < 1.29 is 19.2 Å². The SMILES string of the molecule is NNC(=O)C(N)CCCCNC(=O)CCCCCNC(=O)CCCCC1SC[C@@H]2NC(=O)N[C@H]12. The summed E-state index contributed by atoms with van der Waals surface area (Å²) < 4.78 is 0. The summed E-state index contributed by atoms with van der Waals surface area (Å²) in [4.78, 5) is 46.4. The van der Waals surface area contributed by atoms with E-state index in [1.165, 1.54) is 0 Å². The number of urea groups is 1. The van der Waals surface area contributed by atoms with Gasteiger partial charge in [-0.15, -0.1) is 0 Å². The van der Waals surface area contributed by atoms with Crippen LogP contribution in [-0.4, -0.2) is 66.0 Å². The highest BCUT2D eigenvalue weighted by atomic mass is 32.2. The third kappa shape index (κ3) is 10.5. The Morgan fingerprint density at radius 1 is 0.941 bits per heavy atom. The van der Waals surface area contributed by atoms with Crippen molar-refractivity contribution >= 4 is 35.5 Å². The van der Waals surface area contributed by atoms with Gasteiger partial charge in [-0.25, -0.2) is 10.6 Å². The molecule has 34 heavy (non-hydrogen) atoms. The Hall–Kier alpha value is -2.05. The van der Waals surface area contributed by atoms with E-state index in [0.717, 1.165) is 57.1 Å². The van der Waals surface area contributed by atoms with Gasteiger partial charge in [0.1, 0.15) is 0 Å². The van der Waals surface area contributed by atoms with Gasteiger partial charge in [0.15, 0.2) is 0 Å². The molecule has 0 saturated carbocycles. The van der Waals surface area contributed by atoms with Crippen LogP contribution in [0.2, 0.25) is 0 Å². The summed E-state index contributed by atoms with van der Waals surface area (Å²) in [7, 11) is 0. The largest absolute Gasteiger partial charge is 0.356 e. The Balaban J connectivity index is 1.36. The van der Waals surface area contributed by atoms with Crippen LogP contribution in [0.4, 0.5) is 4.79 Å². The number of amides is 5. The molecule has 5 amide bonds. The summed E-state index contributed by atoms with van der Waals surface area (Å²) in [6, 6.07) is -0.198. The number of hydrazine groups is 1. The summed E-state index contributed by atoms with van der Waals surface area (Å²) in [6.07, 6.45) is 8.42. The lowest BCUT2D eigenvalue weighted by Gasteiger charge is -2.16. The van der Waals surface area contributed by atoms with Gasteiger partial charge in [0, 0.05) is 36.9 Å². The van der Waals surface area contributed by atoms with Crippen LogP contribution < -0.4 is 38.3 Å². The Morgan fingerprint density at radius 3 is 2.26 bits per heavy atom. The minimum Gasteiger partial charge on any atom is -0.356 e. The van der Waals surface area contributed by atoms with Crippen LogP contribution in [0.1, 0.15) is 70.6 Å². The minimum absolute atomic E-state index is 0.0210. The number of carbonyl (C=O) groups excluding carboxylic acids is 4. The van der Waals surface area contributed by atoms with E-state index in [-0.39, 0.29) is 35.8 Å². The maximum absolute atomic E-state index is 12.0. The number of hydrogen-bond acceptors (Lipinski definition) is 7. The molecule has 0 aromatic rings. The highest BCUT2D eigenvalue weighted by Crippen LogP contribution is 2.33. The van der Waals surface area contributed by atoms with E-state index in [9.17, 15) is 19.2 Å². The molecule has 0 radical (unpaired) electrons. The first kappa shape index (κ1) is 28.2. The van der Waals surface area contributed by atoms with Crippen LogP contribution in [0.15, 0.2) is 0 Å². The first-order chi connectivity index (χ1) is 16.4. The number of unbranched alkanes of at least 4 members (excludes halogenated alkanes) is 4. The summed E-state index contributed by atoms with van der Waals surface area (Å²) >= 11 is 1.90. The van der Waals surface area contributed by atoms with Crippen molar-refractivity contribution in [3.63, 3.8) is 0 Å². The Bertz CT molecular complexity index is 682. The maximum Gasteiger partial charge on any atom is 0.315 e. The van der Waals surface area contributed by atoms with Crippen molar-refractivity contribution in [1.82, 2.24) is 26.7 Å². The van der Waals surface area contributed by atoms with Crippen LogP contribution in [0, 0.1) is 0 Å². The van der Waals surface area contributed by atoms with Crippen LogP contribution in [0.25, 0.3) is 0 Å². The highest BCUT2D eigenvalue weighted by Gasteiger charge is 2.42. The summed E-state index contributed by atoms with van der Waals surface area (Å²) in [5, 5.41) is 12.2. The predicted molar refractivity (Wildman–Crippen MR) is 133 cm³/mol. The fourth-order valence-corrected chi connectivity index (χ4v) is 5.76. The standard InChI is InChI=1S/C22H41N7O4S/c23-15(21(32)29-24)8-5-7-13-26-18(30)10-2-1-6-12-25-19(31)11-4-3-9-17-20-16(14-34-17)27-22(33)28-20/h15-17,20H,1-14,23-24H2,(H,25,31)(H,26,30)(H,29,32)(H2,27,28,33)/t15?,16-,17?,20-/m0/s1. The highest BCUT2D eigenvalue weighted by molar-refractivity contribution is 8.00. The van der Waals surface area contributed by atoms with Crippen LogP contribution >= 0.6 is 11.8 Å². The van der Waals surface area contributed by atoms with Gasteiger partial charge in [-0.3, -0.25) is 19.8 Å². The molecule has 194 valence electrons. The second kappa shape index (κ2) is 15.8. The van der Waals surface area contributed by atoms with E-state index < -0.39 is 6.04 Å².